The molecule has 0 fully saturated rings. The Morgan fingerprint density at radius 1 is 1.17 bits per heavy atom. The molecule has 0 aliphatic heterocycles. The fourth-order valence-corrected chi connectivity index (χ4v) is 2.58. The summed E-state index contributed by atoms with van der Waals surface area (Å²) >= 11 is 0. The molecule has 5 nitrogen and oxygen atoms in total. The number of methoxy groups -OCH3 is 1. The molecule has 120 valence electrons. The van der Waals surface area contributed by atoms with E-state index in [1.165, 1.54) is 7.11 Å². The Balaban J connectivity index is 2.44. The molecular formula is C17H17O5P. The average Bonchev–Trinajstić information content (AvgIpc) is 2.54. The molecule has 2 rings (SSSR count). The summed E-state index contributed by atoms with van der Waals surface area (Å²) in [6, 6.07) is 10.0. The van der Waals surface area contributed by atoms with E-state index in [0.29, 0.717) is 17.9 Å². The van der Waals surface area contributed by atoms with Gasteiger partial charge < -0.3 is 14.6 Å². The molecule has 0 heterocycles. The molecule has 2 aromatic carbocycles. The third-order valence-corrected chi connectivity index (χ3v) is 3.79. The smallest absolute Gasteiger partial charge is 0.339 e. The number of esters is 1. The summed E-state index contributed by atoms with van der Waals surface area (Å²) in [7, 11) is 3.99. The molecule has 23 heavy (non-hydrogen) atoms. The van der Waals surface area contributed by atoms with Crippen LogP contribution in [0.2, 0.25) is 0 Å². The number of hydrogen-bond donors (Lipinski definition) is 1. The highest BCUT2D eigenvalue weighted by Crippen LogP contribution is 2.27. The molecule has 0 bridgehead atoms. The largest absolute Gasteiger partial charge is 0.496 e. The molecule has 0 radical (unpaired) electrons. The maximum absolute atomic E-state index is 11.7. The van der Waals surface area contributed by atoms with E-state index in [-0.39, 0.29) is 11.5 Å². The summed E-state index contributed by atoms with van der Waals surface area (Å²) in [5.74, 6) is -1.14. The van der Waals surface area contributed by atoms with Crippen LogP contribution in [0.3, 0.4) is 0 Å². The van der Waals surface area contributed by atoms with E-state index < -0.39 is 5.97 Å². The number of carbonyl (C=O) groups excluding carboxylic acids is 1. The van der Waals surface area contributed by atoms with Gasteiger partial charge in [-0.2, -0.15) is 0 Å². The predicted octanol–water partition coefficient (Wildman–Crippen LogP) is 2.74. The van der Waals surface area contributed by atoms with Crippen LogP contribution >= 0.6 is 9.24 Å². The molecule has 0 aliphatic carbocycles. The number of carbonyl (C=O) groups is 2. The first-order valence-corrected chi connectivity index (χ1v) is 7.54. The normalized spacial score (nSPS) is 10.2. The van der Waals surface area contributed by atoms with E-state index in [4.69, 9.17) is 9.47 Å². The number of carboxylic acid groups (broad SMARTS) is 1. The Kier molecular flexibility index (Phi) is 5.35. The van der Waals surface area contributed by atoms with Crippen molar-refractivity contribution in [3.63, 3.8) is 0 Å². The topological polar surface area (TPSA) is 72.8 Å². The molecule has 1 unspecified atom stereocenters. The van der Waals surface area contributed by atoms with Gasteiger partial charge in [-0.1, -0.05) is 12.1 Å². The number of rotatable bonds is 5. The van der Waals surface area contributed by atoms with Crippen molar-refractivity contribution in [3.8, 4) is 16.9 Å². The van der Waals surface area contributed by atoms with E-state index in [0.717, 1.165) is 16.4 Å². The number of aromatic carboxylic acids is 1. The van der Waals surface area contributed by atoms with Crippen LogP contribution in [0.4, 0.5) is 0 Å². The van der Waals surface area contributed by atoms with Crippen LogP contribution in [0.5, 0.6) is 5.75 Å². The molecule has 0 saturated carbocycles. The van der Waals surface area contributed by atoms with Crippen LogP contribution in [-0.4, -0.2) is 30.8 Å². The third-order valence-electron chi connectivity index (χ3n) is 3.31. The van der Waals surface area contributed by atoms with Crippen LogP contribution < -0.4 is 10.0 Å². The lowest BCUT2D eigenvalue weighted by atomic mass is 10.0. The summed E-state index contributed by atoms with van der Waals surface area (Å²) in [5.41, 5.74) is 2.08. The van der Waals surface area contributed by atoms with Crippen molar-refractivity contribution < 1.29 is 24.2 Å². The Morgan fingerprint density at radius 3 is 2.35 bits per heavy atom. The third kappa shape index (κ3) is 3.69. The summed E-state index contributed by atoms with van der Waals surface area (Å²) in [6.07, 6.45) is 0. The van der Waals surface area contributed by atoms with Gasteiger partial charge in [-0.3, -0.25) is 0 Å². The van der Waals surface area contributed by atoms with Crippen molar-refractivity contribution in [2.24, 2.45) is 0 Å². The number of benzene rings is 2. The van der Waals surface area contributed by atoms with Crippen molar-refractivity contribution in [3.05, 3.63) is 47.5 Å². The van der Waals surface area contributed by atoms with Crippen molar-refractivity contribution >= 4 is 26.5 Å². The Bertz CT molecular complexity index is 737. The van der Waals surface area contributed by atoms with E-state index in [1.54, 1.807) is 43.3 Å². The van der Waals surface area contributed by atoms with Gasteiger partial charge in [0.2, 0.25) is 0 Å². The van der Waals surface area contributed by atoms with Gasteiger partial charge in [0.25, 0.3) is 0 Å². The minimum Gasteiger partial charge on any atom is -0.496 e. The molecule has 1 atom stereocenters. The molecule has 1 N–H and O–H groups in total. The lowest BCUT2D eigenvalue weighted by Gasteiger charge is -2.12. The molecular weight excluding hydrogens is 315 g/mol. The van der Waals surface area contributed by atoms with Gasteiger partial charge in [0.1, 0.15) is 11.3 Å². The van der Waals surface area contributed by atoms with Crippen molar-refractivity contribution in [1.82, 2.24) is 0 Å². The highest BCUT2D eigenvalue weighted by Gasteiger charge is 2.15. The monoisotopic (exact) mass is 332 g/mol. The minimum absolute atomic E-state index is 0.0863. The summed E-state index contributed by atoms with van der Waals surface area (Å²) in [4.78, 5) is 23.0. The second-order valence-electron chi connectivity index (χ2n) is 4.74. The standard InChI is InChI=1S/C17H17O5P/c1-3-22-17(20)11-6-4-10(5-7-11)12-8-13(16(18)19)14(21-2)9-15(12)23/h4-9H,3,23H2,1-2H3,(H,18,19). The van der Waals surface area contributed by atoms with Crippen molar-refractivity contribution in [2.45, 2.75) is 6.92 Å². The second-order valence-corrected chi connectivity index (χ2v) is 5.36. The lowest BCUT2D eigenvalue weighted by molar-refractivity contribution is 0.0526. The van der Waals surface area contributed by atoms with Gasteiger partial charge >= 0.3 is 11.9 Å². The van der Waals surface area contributed by atoms with Gasteiger partial charge in [-0.05, 0) is 47.6 Å². The quantitative estimate of drug-likeness (QED) is 0.673. The molecule has 6 heteroatoms. The molecule has 0 amide bonds. The van der Waals surface area contributed by atoms with E-state index >= 15 is 0 Å². The zero-order valence-corrected chi connectivity index (χ0v) is 14.0. The number of ether oxygens (including phenoxy) is 2. The van der Waals surface area contributed by atoms with E-state index in [9.17, 15) is 14.7 Å². The SMILES string of the molecule is CCOC(=O)c1ccc(-c2cc(C(=O)O)c(OC)cc2P)cc1. The van der Waals surface area contributed by atoms with Gasteiger partial charge in [0.05, 0.1) is 19.3 Å². The zero-order valence-electron chi connectivity index (χ0n) is 12.8. The Hall–Kier alpha value is -2.39. The highest BCUT2D eigenvalue weighted by molar-refractivity contribution is 7.28. The molecule has 0 aliphatic rings. The Morgan fingerprint density at radius 2 is 1.83 bits per heavy atom. The first kappa shape index (κ1) is 17.0. The molecule has 2 aromatic rings. The summed E-state index contributed by atoms with van der Waals surface area (Å²) in [5, 5.41) is 10.1. The predicted molar refractivity (Wildman–Crippen MR) is 90.7 cm³/mol. The number of hydrogen-bond acceptors (Lipinski definition) is 4. The highest BCUT2D eigenvalue weighted by atomic mass is 31.0. The minimum atomic E-state index is -1.06. The summed E-state index contributed by atoms with van der Waals surface area (Å²) < 4.78 is 10.0. The van der Waals surface area contributed by atoms with Gasteiger partial charge in [0.15, 0.2) is 0 Å². The van der Waals surface area contributed by atoms with Crippen molar-refractivity contribution in [2.75, 3.05) is 13.7 Å². The molecule has 0 spiro atoms. The zero-order chi connectivity index (χ0) is 17.0. The van der Waals surface area contributed by atoms with Crippen LogP contribution in [0.25, 0.3) is 11.1 Å². The van der Waals surface area contributed by atoms with Gasteiger partial charge in [0, 0.05) is 0 Å². The van der Waals surface area contributed by atoms with E-state index in [2.05, 4.69) is 9.24 Å². The number of carboxylic acids is 1. The first-order valence-electron chi connectivity index (χ1n) is 6.96. The summed E-state index contributed by atoms with van der Waals surface area (Å²) in [6.45, 7) is 2.06. The molecule has 0 aromatic heterocycles. The fraction of sp³-hybridized carbons (Fsp3) is 0.176. The first-order chi connectivity index (χ1) is 11.0. The van der Waals surface area contributed by atoms with Crippen molar-refractivity contribution in [1.29, 1.82) is 0 Å². The van der Waals surface area contributed by atoms with Gasteiger partial charge in [-0.15, -0.1) is 9.24 Å². The van der Waals surface area contributed by atoms with Crippen LogP contribution in [0, 0.1) is 0 Å². The fourth-order valence-electron chi connectivity index (χ4n) is 2.18. The second kappa shape index (κ2) is 7.25. The maximum Gasteiger partial charge on any atom is 0.339 e. The average molecular weight is 332 g/mol. The van der Waals surface area contributed by atoms with Crippen LogP contribution in [0.1, 0.15) is 27.6 Å². The van der Waals surface area contributed by atoms with Gasteiger partial charge in [-0.25, -0.2) is 9.59 Å². The van der Waals surface area contributed by atoms with Crippen LogP contribution in [-0.2, 0) is 4.74 Å². The van der Waals surface area contributed by atoms with E-state index in [1.807, 2.05) is 0 Å². The lowest BCUT2D eigenvalue weighted by Crippen LogP contribution is -2.07. The van der Waals surface area contributed by atoms with Crippen LogP contribution in [0.15, 0.2) is 36.4 Å². The molecule has 0 saturated heterocycles. The maximum atomic E-state index is 11.7. The Labute approximate surface area is 136 Å².